The van der Waals surface area contributed by atoms with Crippen LogP contribution in [0.5, 0.6) is 11.5 Å². The average Bonchev–Trinajstić information content (AvgIpc) is 3.16. The van der Waals surface area contributed by atoms with Crippen molar-refractivity contribution in [2.45, 2.75) is 6.54 Å². The zero-order valence-electron chi connectivity index (χ0n) is 13.7. The van der Waals surface area contributed by atoms with Gasteiger partial charge in [-0.25, -0.2) is 0 Å². The summed E-state index contributed by atoms with van der Waals surface area (Å²) in [5, 5.41) is 13.9. The van der Waals surface area contributed by atoms with E-state index >= 15 is 0 Å². The van der Waals surface area contributed by atoms with Crippen LogP contribution in [0.3, 0.4) is 0 Å². The molecule has 2 N–H and O–H groups in total. The topological polar surface area (TPSA) is 98.3 Å². The number of anilines is 2. The van der Waals surface area contributed by atoms with Crippen molar-refractivity contribution in [1.29, 1.82) is 0 Å². The molecule has 3 heterocycles. The van der Waals surface area contributed by atoms with E-state index in [0.717, 1.165) is 5.56 Å². The van der Waals surface area contributed by atoms with Crippen LogP contribution < -0.4 is 20.1 Å². The van der Waals surface area contributed by atoms with Gasteiger partial charge in [-0.3, -0.25) is 9.78 Å². The van der Waals surface area contributed by atoms with Crippen LogP contribution in [0.1, 0.15) is 15.9 Å². The summed E-state index contributed by atoms with van der Waals surface area (Å²) in [7, 11) is 0. The summed E-state index contributed by atoms with van der Waals surface area (Å²) in [5.41, 5.74) is 1.49. The Balaban J connectivity index is 1.37. The van der Waals surface area contributed by atoms with Crippen molar-refractivity contribution >= 4 is 17.5 Å². The zero-order valence-corrected chi connectivity index (χ0v) is 13.7. The Hall–Kier alpha value is -3.68. The molecule has 0 fully saturated rings. The summed E-state index contributed by atoms with van der Waals surface area (Å²) in [4.78, 5) is 16.4. The minimum absolute atomic E-state index is 0.166. The fraction of sp³-hybridized carbons (Fsp3) is 0.111. The minimum Gasteiger partial charge on any atom is -0.454 e. The molecule has 1 aliphatic heterocycles. The summed E-state index contributed by atoms with van der Waals surface area (Å²) >= 11 is 0. The van der Waals surface area contributed by atoms with Gasteiger partial charge in [0.2, 0.25) is 6.79 Å². The number of hydrogen-bond acceptors (Lipinski definition) is 7. The van der Waals surface area contributed by atoms with Gasteiger partial charge in [0.1, 0.15) is 5.82 Å². The molecule has 0 saturated carbocycles. The van der Waals surface area contributed by atoms with Gasteiger partial charge in [-0.2, -0.15) is 0 Å². The molecular weight excluding hydrogens is 334 g/mol. The second-order valence-electron chi connectivity index (χ2n) is 5.54. The van der Waals surface area contributed by atoms with Crippen molar-refractivity contribution in [3.8, 4) is 11.5 Å². The van der Waals surface area contributed by atoms with Gasteiger partial charge in [-0.1, -0.05) is 6.07 Å². The number of carbonyl (C=O) groups is 1. The van der Waals surface area contributed by atoms with E-state index in [1.54, 1.807) is 42.7 Å². The standard InChI is InChI=1S/C18H15N5O3/c24-18(13-3-4-14-15(8-13)26-11-25-14)21-17-6-5-16(22-23-17)20-10-12-2-1-7-19-9-12/h1-9H,10-11H2,(H,20,22)(H,21,23,24). The molecule has 0 spiro atoms. The van der Waals surface area contributed by atoms with Crippen LogP contribution in [0.2, 0.25) is 0 Å². The second kappa shape index (κ2) is 7.06. The molecule has 0 saturated heterocycles. The maximum atomic E-state index is 12.3. The third kappa shape index (κ3) is 3.54. The highest BCUT2D eigenvalue weighted by molar-refractivity contribution is 6.04. The molecule has 130 valence electrons. The number of aromatic nitrogens is 3. The smallest absolute Gasteiger partial charge is 0.257 e. The lowest BCUT2D eigenvalue weighted by Gasteiger charge is -2.07. The van der Waals surface area contributed by atoms with E-state index in [0.29, 0.717) is 35.2 Å². The van der Waals surface area contributed by atoms with Crippen LogP contribution in [-0.4, -0.2) is 27.9 Å². The summed E-state index contributed by atoms with van der Waals surface area (Å²) in [6.45, 7) is 0.755. The number of fused-ring (bicyclic) bond motifs is 1. The van der Waals surface area contributed by atoms with E-state index in [-0.39, 0.29) is 12.7 Å². The van der Waals surface area contributed by atoms with Crippen molar-refractivity contribution in [3.05, 3.63) is 66.0 Å². The molecule has 4 rings (SSSR count). The number of nitrogens with zero attached hydrogens (tertiary/aromatic N) is 3. The Morgan fingerprint density at radius 3 is 2.69 bits per heavy atom. The fourth-order valence-corrected chi connectivity index (χ4v) is 2.41. The lowest BCUT2D eigenvalue weighted by molar-refractivity contribution is 0.102. The number of pyridine rings is 1. The first kappa shape index (κ1) is 15.8. The first-order chi connectivity index (χ1) is 12.8. The monoisotopic (exact) mass is 349 g/mol. The third-order valence-corrected chi connectivity index (χ3v) is 3.74. The minimum atomic E-state index is -0.298. The van der Waals surface area contributed by atoms with E-state index < -0.39 is 0 Å². The number of rotatable bonds is 5. The Kier molecular flexibility index (Phi) is 4.29. The Labute approximate surface area is 149 Å². The first-order valence-electron chi connectivity index (χ1n) is 7.95. The quantitative estimate of drug-likeness (QED) is 0.730. The van der Waals surface area contributed by atoms with Gasteiger partial charge in [0.25, 0.3) is 5.91 Å². The van der Waals surface area contributed by atoms with Crippen LogP contribution in [-0.2, 0) is 6.54 Å². The molecule has 0 atom stereocenters. The molecule has 26 heavy (non-hydrogen) atoms. The van der Waals surface area contributed by atoms with Gasteiger partial charge in [-0.15, -0.1) is 10.2 Å². The Bertz CT molecular complexity index is 916. The van der Waals surface area contributed by atoms with E-state index in [4.69, 9.17) is 9.47 Å². The molecule has 1 aromatic carbocycles. The number of nitrogens with one attached hydrogen (secondary N) is 2. The van der Waals surface area contributed by atoms with Crippen molar-refractivity contribution in [1.82, 2.24) is 15.2 Å². The molecule has 3 aromatic rings. The van der Waals surface area contributed by atoms with Crippen molar-refractivity contribution < 1.29 is 14.3 Å². The number of hydrogen-bond donors (Lipinski definition) is 2. The van der Waals surface area contributed by atoms with Crippen LogP contribution in [0, 0.1) is 0 Å². The van der Waals surface area contributed by atoms with Gasteiger partial charge in [0.05, 0.1) is 0 Å². The summed E-state index contributed by atoms with van der Waals surface area (Å²) < 4.78 is 10.5. The highest BCUT2D eigenvalue weighted by atomic mass is 16.7. The fourth-order valence-electron chi connectivity index (χ4n) is 2.41. The molecule has 0 aliphatic carbocycles. The van der Waals surface area contributed by atoms with Gasteiger partial charge < -0.3 is 20.1 Å². The molecule has 1 amide bonds. The predicted molar refractivity (Wildman–Crippen MR) is 94.1 cm³/mol. The number of amides is 1. The lowest BCUT2D eigenvalue weighted by Crippen LogP contribution is -2.13. The van der Waals surface area contributed by atoms with E-state index in [9.17, 15) is 4.79 Å². The molecule has 8 nitrogen and oxygen atoms in total. The molecule has 0 unspecified atom stereocenters. The Morgan fingerprint density at radius 2 is 1.88 bits per heavy atom. The van der Waals surface area contributed by atoms with Gasteiger partial charge in [0.15, 0.2) is 17.3 Å². The summed E-state index contributed by atoms with van der Waals surface area (Å²) in [5.74, 6) is 1.85. The van der Waals surface area contributed by atoms with Crippen LogP contribution >= 0.6 is 0 Å². The van der Waals surface area contributed by atoms with E-state index in [2.05, 4.69) is 25.8 Å². The number of benzene rings is 1. The van der Waals surface area contributed by atoms with Gasteiger partial charge in [0, 0.05) is 24.5 Å². The maximum Gasteiger partial charge on any atom is 0.257 e. The van der Waals surface area contributed by atoms with Crippen LogP contribution in [0.4, 0.5) is 11.6 Å². The van der Waals surface area contributed by atoms with Crippen LogP contribution in [0.25, 0.3) is 0 Å². The number of carbonyl (C=O) groups excluding carboxylic acids is 1. The molecule has 1 aliphatic rings. The second-order valence-corrected chi connectivity index (χ2v) is 5.54. The zero-order chi connectivity index (χ0) is 17.8. The molecule has 8 heteroatoms. The van der Waals surface area contributed by atoms with Gasteiger partial charge in [-0.05, 0) is 42.0 Å². The summed E-state index contributed by atoms with van der Waals surface area (Å²) in [6, 6.07) is 12.3. The highest BCUT2D eigenvalue weighted by Crippen LogP contribution is 2.32. The Morgan fingerprint density at radius 1 is 1.04 bits per heavy atom. The average molecular weight is 349 g/mol. The van der Waals surface area contributed by atoms with Crippen molar-refractivity contribution in [2.24, 2.45) is 0 Å². The normalized spacial score (nSPS) is 11.8. The lowest BCUT2D eigenvalue weighted by atomic mass is 10.2. The molecule has 2 aromatic heterocycles. The first-order valence-corrected chi connectivity index (χ1v) is 7.95. The van der Waals surface area contributed by atoms with Crippen molar-refractivity contribution in [2.75, 3.05) is 17.4 Å². The largest absolute Gasteiger partial charge is 0.454 e. The summed E-state index contributed by atoms with van der Waals surface area (Å²) in [6.07, 6.45) is 3.50. The van der Waals surface area contributed by atoms with Crippen molar-refractivity contribution in [3.63, 3.8) is 0 Å². The van der Waals surface area contributed by atoms with Gasteiger partial charge >= 0.3 is 0 Å². The third-order valence-electron chi connectivity index (χ3n) is 3.74. The predicted octanol–water partition coefficient (Wildman–Crippen LogP) is 2.46. The number of ether oxygens (including phenoxy) is 2. The van der Waals surface area contributed by atoms with E-state index in [1.807, 2.05) is 12.1 Å². The van der Waals surface area contributed by atoms with E-state index in [1.165, 1.54) is 0 Å². The highest BCUT2D eigenvalue weighted by Gasteiger charge is 2.16. The SMILES string of the molecule is O=C(Nc1ccc(NCc2cccnc2)nn1)c1ccc2c(c1)OCO2. The molecule has 0 bridgehead atoms. The van der Waals surface area contributed by atoms with Crippen LogP contribution in [0.15, 0.2) is 54.9 Å². The maximum absolute atomic E-state index is 12.3. The molecule has 0 radical (unpaired) electrons. The molecular formula is C18H15N5O3.